The van der Waals surface area contributed by atoms with Gasteiger partial charge in [0.2, 0.25) is 0 Å². The summed E-state index contributed by atoms with van der Waals surface area (Å²) in [5.74, 6) is -0.227. The van der Waals surface area contributed by atoms with Gasteiger partial charge in [-0.2, -0.15) is 5.10 Å². The third kappa shape index (κ3) is 5.71. The smallest absolute Gasteiger partial charge is 0.271 e. The van der Waals surface area contributed by atoms with E-state index in [1.54, 1.807) is 35.0 Å². The van der Waals surface area contributed by atoms with Crippen molar-refractivity contribution < 1.29 is 13.2 Å². The van der Waals surface area contributed by atoms with Gasteiger partial charge in [0.15, 0.2) is 15.5 Å². The number of carbonyl (C=O) groups is 1. The number of rotatable bonds is 8. The summed E-state index contributed by atoms with van der Waals surface area (Å²) >= 11 is 8.02. The zero-order valence-electron chi connectivity index (χ0n) is 21.2. The number of carbonyl (C=O) groups excluding carboxylic acids is 1. The van der Waals surface area contributed by atoms with Crippen molar-refractivity contribution in [2.24, 2.45) is 0 Å². The Hall–Kier alpha value is -2.98. The largest absolute Gasteiger partial charge is 0.351 e. The van der Waals surface area contributed by atoms with Crippen molar-refractivity contribution in [3.63, 3.8) is 0 Å². The topological polar surface area (TPSA) is 84.3 Å². The van der Waals surface area contributed by atoms with Crippen LogP contribution in [-0.4, -0.2) is 61.4 Å². The molecule has 10 heteroatoms. The van der Waals surface area contributed by atoms with Crippen LogP contribution in [0.1, 0.15) is 29.8 Å². The molecule has 1 aliphatic rings. The van der Waals surface area contributed by atoms with E-state index in [1.165, 1.54) is 24.0 Å². The zero-order valence-corrected chi connectivity index (χ0v) is 23.6. The van der Waals surface area contributed by atoms with Gasteiger partial charge < -0.3 is 10.2 Å². The average molecular weight is 569 g/mol. The van der Waals surface area contributed by atoms with Gasteiger partial charge in [-0.3, -0.25) is 4.79 Å². The first kappa shape index (κ1) is 26.6. The van der Waals surface area contributed by atoms with Gasteiger partial charge in [0, 0.05) is 23.7 Å². The summed E-state index contributed by atoms with van der Waals surface area (Å²) in [6.07, 6.45) is 4.46. The zero-order chi connectivity index (χ0) is 26.9. The molecule has 198 valence electrons. The number of hydrogen-bond acceptors (Lipinski definition) is 6. The van der Waals surface area contributed by atoms with E-state index in [1.807, 2.05) is 36.4 Å². The highest BCUT2D eigenvalue weighted by molar-refractivity contribution is 7.90. The lowest BCUT2D eigenvalue weighted by molar-refractivity contribution is 0.0945. The van der Waals surface area contributed by atoms with Crippen LogP contribution in [0.2, 0.25) is 5.02 Å². The number of amides is 1. The lowest BCUT2D eigenvalue weighted by Crippen LogP contribution is -2.32. The quantitative estimate of drug-likeness (QED) is 0.302. The molecule has 1 N–H and O–H groups in total. The molecule has 0 radical (unpaired) electrons. The van der Waals surface area contributed by atoms with E-state index in [0.29, 0.717) is 29.0 Å². The van der Waals surface area contributed by atoms with Crippen LogP contribution in [0, 0.1) is 0 Å². The number of sulfone groups is 1. The minimum Gasteiger partial charge on any atom is -0.351 e. The normalized spacial score (nSPS) is 16.1. The van der Waals surface area contributed by atoms with Gasteiger partial charge in [0.25, 0.3) is 5.91 Å². The fourth-order valence-electron chi connectivity index (χ4n) is 4.77. The summed E-state index contributed by atoms with van der Waals surface area (Å²) in [7, 11) is -1.19. The van der Waals surface area contributed by atoms with Crippen LogP contribution < -0.4 is 5.32 Å². The molecule has 2 aromatic carbocycles. The summed E-state index contributed by atoms with van der Waals surface area (Å²) in [5, 5.41) is 8.20. The van der Waals surface area contributed by atoms with Gasteiger partial charge in [0.1, 0.15) is 0 Å². The minimum atomic E-state index is -3.32. The molecule has 1 fully saturated rings. The van der Waals surface area contributed by atoms with Gasteiger partial charge in [-0.1, -0.05) is 35.9 Å². The second-order valence-electron chi connectivity index (χ2n) is 9.56. The van der Waals surface area contributed by atoms with Gasteiger partial charge in [0.05, 0.1) is 26.2 Å². The fourth-order valence-corrected chi connectivity index (χ4v) is 6.66. The molecule has 0 saturated carbocycles. The van der Waals surface area contributed by atoms with Gasteiger partial charge in [-0.05, 0) is 80.9 Å². The van der Waals surface area contributed by atoms with E-state index in [9.17, 15) is 13.2 Å². The van der Waals surface area contributed by atoms with Crippen LogP contribution in [0.4, 0.5) is 0 Å². The lowest BCUT2D eigenvalue weighted by Gasteiger charge is -2.19. The van der Waals surface area contributed by atoms with E-state index >= 15 is 0 Å². The molecule has 0 aliphatic carbocycles. The van der Waals surface area contributed by atoms with Crippen molar-refractivity contribution in [3.05, 3.63) is 77.4 Å². The van der Waals surface area contributed by atoms with Crippen LogP contribution >= 0.6 is 22.9 Å². The number of likely N-dealkylation sites (tertiary alicyclic amines) is 1. The molecule has 1 amide bonds. The summed E-state index contributed by atoms with van der Waals surface area (Å²) in [4.78, 5) is 17.5. The third-order valence-corrected chi connectivity index (χ3v) is 9.45. The number of hydrogen-bond donors (Lipinski definition) is 1. The van der Waals surface area contributed by atoms with Crippen molar-refractivity contribution in [1.82, 2.24) is 20.0 Å². The number of nitrogens with zero attached hydrogens (tertiary/aromatic N) is 3. The number of aromatic nitrogens is 2. The van der Waals surface area contributed by atoms with Crippen molar-refractivity contribution in [3.8, 4) is 26.7 Å². The Labute approximate surface area is 232 Å². The van der Waals surface area contributed by atoms with Crippen LogP contribution in [0.15, 0.2) is 71.6 Å². The standard InChI is InChI=1S/C28H29ClN4O3S2/c1-32-16-6-8-20(32)14-15-30-28(34)23-18-25(33(31-23)24-11-4-3-10-22(24)29)27-13-12-26(37-27)19-7-5-9-21(17-19)38(2,35)36/h3-5,7,9-13,17-18,20H,6,8,14-16H2,1-2H3,(H,30,34). The molecule has 1 atom stereocenters. The highest BCUT2D eigenvalue weighted by atomic mass is 35.5. The molecule has 4 aromatic rings. The van der Waals surface area contributed by atoms with Gasteiger partial charge in [-0.25, -0.2) is 13.1 Å². The predicted molar refractivity (Wildman–Crippen MR) is 153 cm³/mol. The summed E-state index contributed by atoms with van der Waals surface area (Å²) in [6, 6.07) is 20.4. The van der Waals surface area contributed by atoms with E-state index < -0.39 is 9.84 Å². The maximum atomic E-state index is 13.1. The van der Waals surface area contributed by atoms with E-state index in [0.717, 1.165) is 40.4 Å². The fraction of sp³-hybridized carbons (Fsp3) is 0.286. The summed E-state index contributed by atoms with van der Waals surface area (Å²) < 4.78 is 25.8. The Kier molecular flexibility index (Phi) is 7.72. The first-order valence-corrected chi connectivity index (χ1v) is 15.5. The Morgan fingerprint density at radius 1 is 1.11 bits per heavy atom. The van der Waals surface area contributed by atoms with Crippen molar-refractivity contribution >= 4 is 38.7 Å². The highest BCUT2D eigenvalue weighted by Crippen LogP contribution is 2.37. The maximum Gasteiger partial charge on any atom is 0.271 e. The second kappa shape index (κ2) is 11.0. The number of para-hydroxylation sites is 1. The van der Waals surface area contributed by atoms with Crippen LogP contribution in [0.25, 0.3) is 26.7 Å². The molecule has 7 nitrogen and oxygen atoms in total. The predicted octanol–water partition coefficient (Wildman–Crippen LogP) is 5.54. The average Bonchev–Trinajstić information content (AvgIpc) is 3.64. The van der Waals surface area contributed by atoms with Crippen LogP contribution in [-0.2, 0) is 9.84 Å². The Morgan fingerprint density at radius 3 is 2.63 bits per heavy atom. The Balaban J connectivity index is 1.45. The number of halogens is 1. The SMILES string of the molecule is CN1CCCC1CCNC(=O)c1cc(-c2ccc(-c3cccc(S(C)(=O)=O)c3)s2)n(-c2ccccc2Cl)n1. The molecule has 0 spiro atoms. The molecular weight excluding hydrogens is 540 g/mol. The van der Waals surface area contributed by atoms with Crippen molar-refractivity contribution in [1.29, 1.82) is 0 Å². The third-order valence-electron chi connectivity index (χ3n) is 6.86. The molecule has 3 heterocycles. The molecule has 1 saturated heterocycles. The van der Waals surface area contributed by atoms with Gasteiger partial charge in [-0.15, -0.1) is 11.3 Å². The first-order valence-electron chi connectivity index (χ1n) is 12.4. The molecule has 2 aromatic heterocycles. The number of thiophene rings is 1. The Morgan fingerprint density at radius 2 is 1.89 bits per heavy atom. The number of benzene rings is 2. The van der Waals surface area contributed by atoms with Crippen LogP contribution in [0.5, 0.6) is 0 Å². The summed E-state index contributed by atoms with van der Waals surface area (Å²) in [5.41, 5.74) is 2.52. The Bertz CT molecular complexity index is 1580. The molecular formula is C28H29ClN4O3S2. The second-order valence-corrected chi connectivity index (χ2v) is 13.1. The molecule has 5 rings (SSSR count). The van der Waals surface area contributed by atoms with E-state index in [4.69, 9.17) is 11.6 Å². The molecule has 0 bridgehead atoms. The van der Waals surface area contributed by atoms with Crippen LogP contribution in [0.3, 0.4) is 0 Å². The minimum absolute atomic E-state index is 0.227. The van der Waals surface area contributed by atoms with E-state index in [2.05, 4.69) is 22.4 Å². The maximum absolute atomic E-state index is 13.1. The highest BCUT2D eigenvalue weighted by Gasteiger charge is 2.22. The summed E-state index contributed by atoms with van der Waals surface area (Å²) in [6.45, 7) is 1.69. The molecule has 38 heavy (non-hydrogen) atoms. The molecule has 1 unspecified atom stereocenters. The molecule has 1 aliphatic heterocycles. The van der Waals surface area contributed by atoms with Gasteiger partial charge >= 0.3 is 0 Å². The monoisotopic (exact) mass is 568 g/mol. The lowest BCUT2D eigenvalue weighted by atomic mass is 10.1. The number of nitrogens with one attached hydrogen (secondary N) is 1. The van der Waals surface area contributed by atoms with Crippen molar-refractivity contribution in [2.45, 2.75) is 30.2 Å². The van der Waals surface area contributed by atoms with Crippen molar-refractivity contribution in [2.75, 3.05) is 26.4 Å². The first-order chi connectivity index (χ1) is 18.2. The van der Waals surface area contributed by atoms with E-state index in [-0.39, 0.29) is 10.8 Å².